The lowest BCUT2D eigenvalue weighted by atomic mass is 11.5. The van der Waals surface area contributed by atoms with Gasteiger partial charge in [0.1, 0.15) is 0 Å². The molecular formula is C3H4F6P2. The summed E-state index contributed by atoms with van der Waals surface area (Å²) in [4.78, 5) is 0. The van der Waals surface area contributed by atoms with Crippen LogP contribution >= 0.6 is 17.2 Å². The normalized spacial score (nSPS) is 15.8. The molecule has 8 heteroatoms. The molecule has 0 aromatic rings. The third-order valence-electron chi connectivity index (χ3n) is 0.578. The summed E-state index contributed by atoms with van der Waals surface area (Å²) in [7, 11) is -3.19. The smallest absolute Gasteiger partial charge is 0.167 e. The molecule has 0 radical (unpaired) electrons. The van der Waals surface area contributed by atoms with Gasteiger partial charge in [-0.1, -0.05) is 0 Å². The van der Waals surface area contributed by atoms with Crippen molar-refractivity contribution in [2.75, 3.05) is 5.90 Å². The summed E-state index contributed by atoms with van der Waals surface area (Å²) in [5, 5.41) is 0. The largest absolute Gasteiger partial charge is 0.402 e. The van der Waals surface area contributed by atoms with Crippen LogP contribution in [0.15, 0.2) is 0 Å². The maximum absolute atomic E-state index is 11.3. The van der Waals surface area contributed by atoms with Crippen LogP contribution in [0.4, 0.5) is 26.3 Å². The molecular weight excluding hydrogens is 212 g/mol. The van der Waals surface area contributed by atoms with E-state index in [9.17, 15) is 26.3 Å². The Balaban J connectivity index is 3.44. The second kappa shape index (κ2) is 3.90. The Bertz CT molecular complexity index is 100.0. The topological polar surface area (TPSA) is 0 Å². The fraction of sp³-hybridized carbons (Fsp3) is 1.00. The lowest BCUT2D eigenvalue weighted by molar-refractivity contribution is -0.0383. The summed E-state index contributed by atoms with van der Waals surface area (Å²) in [5.41, 5.74) is 0. The van der Waals surface area contributed by atoms with Crippen molar-refractivity contribution in [3.05, 3.63) is 0 Å². The first-order chi connectivity index (χ1) is 4.71. The van der Waals surface area contributed by atoms with E-state index in [1.807, 2.05) is 0 Å². The molecule has 0 nitrogen and oxygen atoms in total. The number of rotatable bonds is 2. The number of alkyl halides is 6. The van der Waals surface area contributed by atoms with Crippen LogP contribution in [-0.2, 0) is 0 Å². The molecule has 0 aliphatic rings. The molecule has 0 aromatic carbocycles. The molecule has 0 aliphatic heterocycles. The van der Waals surface area contributed by atoms with Gasteiger partial charge in [-0.3, -0.25) is 0 Å². The molecule has 0 fully saturated rings. The van der Waals surface area contributed by atoms with Gasteiger partial charge in [0.15, 0.2) is 0 Å². The maximum atomic E-state index is 11.3. The molecule has 0 N–H and O–H groups in total. The first-order valence-corrected chi connectivity index (χ1v) is 4.76. The van der Waals surface area contributed by atoms with Crippen molar-refractivity contribution in [1.82, 2.24) is 0 Å². The van der Waals surface area contributed by atoms with E-state index >= 15 is 0 Å². The standard InChI is InChI=1S/C3H4F6P2/c4-2(5,6)10-1-11-3(7,8)9/h10-11H,1H2. The highest BCUT2D eigenvalue weighted by Crippen LogP contribution is 2.46. The van der Waals surface area contributed by atoms with Gasteiger partial charge in [0.25, 0.3) is 0 Å². The molecule has 68 valence electrons. The van der Waals surface area contributed by atoms with E-state index in [2.05, 4.69) is 0 Å². The van der Waals surface area contributed by atoms with Crippen molar-refractivity contribution in [1.29, 1.82) is 0 Å². The quantitative estimate of drug-likeness (QED) is 0.490. The van der Waals surface area contributed by atoms with Crippen LogP contribution in [-0.4, -0.2) is 17.7 Å². The summed E-state index contributed by atoms with van der Waals surface area (Å²) < 4.78 is 67.7. The zero-order valence-corrected chi connectivity index (χ0v) is 6.97. The van der Waals surface area contributed by atoms with E-state index < -0.39 is 34.9 Å². The lowest BCUT2D eigenvalue weighted by Gasteiger charge is -2.07. The Morgan fingerprint density at radius 2 is 1.00 bits per heavy atom. The van der Waals surface area contributed by atoms with Crippen LogP contribution in [0.25, 0.3) is 0 Å². The van der Waals surface area contributed by atoms with Crippen LogP contribution < -0.4 is 0 Å². The van der Waals surface area contributed by atoms with Gasteiger partial charge >= 0.3 is 11.8 Å². The number of hydrogen-bond donors (Lipinski definition) is 0. The predicted octanol–water partition coefficient (Wildman–Crippen LogP) is 3.34. The molecule has 2 atom stereocenters. The van der Waals surface area contributed by atoms with Gasteiger partial charge in [-0.25, -0.2) is 0 Å². The molecule has 0 aliphatic carbocycles. The summed E-state index contributed by atoms with van der Waals surface area (Å²) in [6.45, 7) is 0. The minimum absolute atomic E-state index is 0.826. The SMILES string of the molecule is FC(F)(F)PCPC(F)(F)F. The van der Waals surface area contributed by atoms with Gasteiger partial charge < -0.3 is 0 Å². The minimum atomic E-state index is -4.45. The lowest BCUT2D eigenvalue weighted by Crippen LogP contribution is -2.01. The van der Waals surface area contributed by atoms with Crippen molar-refractivity contribution in [2.45, 2.75) is 11.8 Å². The van der Waals surface area contributed by atoms with Crippen molar-refractivity contribution < 1.29 is 26.3 Å². The van der Waals surface area contributed by atoms with E-state index in [1.165, 1.54) is 0 Å². The Labute approximate surface area is 62.3 Å². The summed E-state index contributed by atoms with van der Waals surface area (Å²) in [6, 6.07) is 0. The second-order valence-corrected chi connectivity index (χ2v) is 4.78. The molecule has 2 unspecified atom stereocenters. The summed E-state index contributed by atoms with van der Waals surface area (Å²) in [5.74, 6) is -9.72. The summed E-state index contributed by atoms with van der Waals surface area (Å²) >= 11 is 0. The van der Waals surface area contributed by atoms with Gasteiger partial charge in [0, 0.05) is 0 Å². The third kappa shape index (κ3) is 10.4. The zero-order chi connectivity index (χ0) is 9.12. The van der Waals surface area contributed by atoms with Crippen LogP contribution in [0.1, 0.15) is 0 Å². The fourth-order valence-electron chi connectivity index (χ4n) is 0.245. The molecule has 0 saturated heterocycles. The Hall–Kier alpha value is 0.440. The molecule has 0 bridgehead atoms. The van der Waals surface area contributed by atoms with Gasteiger partial charge in [0.2, 0.25) is 0 Å². The van der Waals surface area contributed by atoms with Gasteiger partial charge in [0.05, 0.1) is 0 Å². The zero-order valence-electron chi connectivity index (χ0n) is 4.97. The van der Waals surface area contributed by atoms with Crippen LogP contribution in [0, 0.1) is 0 Å². The van der Waals surface area contributed by atoms with Crippen molar-refractivity contribution in [3.8, 4) is 0 Å². The molecule has 0 amide bonds. The van der Waals surface area contributed by atoms with E-state index in [0.29, 0.717) is 0 Å². The van der Waals surface area contributed by atoms with E-state index in [-0.39, 0.29) is 0 Å². The average molecular weight is 216 g/mol. The number of hydrogen-bond acceptors (Lipinski definition) is 0. The molecule has 0 saturated carbocycles. The molecule has 0 aromatic heterocycles. The van der Waals surface area contributed by atoms with E-state index in [1.54, 1.807) is 0 Å². The fourth-order valence-corrected chi connectivity index (χ4v) is 2.20. The molecule has 0 spiro atoms. The Kier molecular flexibility index (Phi) is 4.06. The van der Waals surface area contributed by atoms with Gasteiger partial charge in [-0.05, 0) is 23.1 Å². The molecule has 11 heavy (non-hydrogen) atoms. The Morgan fingerprint density at radius 1 is 0.727 bits per heavy atom. The minimum Gasteiger partial charge on any atom is -0.167 e. The predicted molar refractivity (Wildman–Crippen MR) is 33.6 cm³/mol. The first-order valence-electron chi connectivity index (χ1n) is 2.34. The van der Waals surface area contributed by atoms with Gasteiger partial charge in [-0.2, -0.15) is 26.3 Å². The highest BCUT2D eigenvalue weighted by molar-refractivity contribution is 7.57. The maximum Gasteiger partial charge on any atom is 0.402 e. The third-order valence-corrected chi connectivity index (χ3v) is 2.79. The number of halogens is 6. The van der Waals surface area contributed by atoms with E-state index in [4.69, 9.17) is 0 Å². The van der Waals surface area contributed by atoms with Crippen molar-refractivity contribution in [2.24, 2.45) is 0 Å². The highest BCUT2D eigenvalue weighted by atomic mass is 31.1. The highest BCUT2D eigenvalue weighted by Gasteiger charge is 2.31. The first kappa shape index (κ1) is 11.4. The average Bonchev–Trinajstić information content (AvgIpc) is 1.55. The van der Waals surface area contributed by atoms with Gasteiger partial charge in [-0.15, -0.1) is 0 Å². The van der Waals surface area contributed by atoms with Crippen LogP contribution in [0.5, 0.6) is 0 Å². The summed E-state index contributed by atoms with van der Waals surface area (Å²) in [6.07, 6.45) is 0. The van der Waals surface area contributed by atoms with Crippen molar-refractivity contribution in [3.63, 3.8) is 0 Å². The Morgan fingerprint density at radius 3 is 1.18 bits per heavy atom. The second-order valence-electron chi connectivity index (χ2n) is 1.53. The monoisotopic (exact) mass is 216 g/mol. The molecule has 0 heterocycles. The van der Waals surface area contributed by atoms with Crippen LogP contribution in [0.3, 0.4) is 0 Å². The molecule has 0 rings (SSSR count). The van der Waals surface area contributed by atoms with Crippen molar-refractivity contribution >= 4 is 17.2 Å². The van der Waals surface area contributed by atoms with E-state index in [0.717, 1.165) is 0 Å². The van der Waals surface area contributed by atoms with Crippen LogP contribution in [0.2, 0.25) is 0 Å².